The van der Waals surface area contributed by atoms with Crippen molar-refractivity contribution in [2.24, 2.45) is 0 Å². The molecular formula is C8H14N2O2S. The molecule has 1 N–H and O–H groups in total. The minimum Gasteiger partial charge on any atom is -0.326 e. The third kappa shape index (κ3) is 1.91. The quantitative estimate of drug-likeness (QED) is 0.611. The molecule has 4 nitrogen and oxygen atoms in total. The molecular weight excluding hydrogens is 188 g/mol. The summed E-state index contributed by atoms with van der Waals surface area (Å²) in [6.45, 7) is 1.15. The average molecular weight is 202 g/mol. The molecule has 2 saturated heterocycles. The van der Waals surface area contributed by atoms with Gasteiger partial charge in [-0.1, -0.05) is 0 Å². The second-order valence-corrected chi connectivity index (χ2v) is 5.22. The van der Waals surface area contributed by atoms with E-state index in [0.29, 0.717) is 19.3 Å². The summed E-state index contributed by atoms with van der Waals surface area (Å²) in [6.07, 6.45) is 1.81. The number of carbonyl (C=O) groups is 1. The molecule has 0 aromatic heterocycles. The van der Waals surface area contributed by atoms with Gasteiger partial charge in [0.2, 0.25) is 5.91 Å². The van der Waals surface area contributed by atoms with Crippen LogP contribution in [0.2, 0.25) is 0 Å². The van der Waals surface area contributed by atoms with Crippen LogP contribution in [0.25, 0.3) is 0 Å². The van der Waals surface area contributed by atoms with Gasteiger partial charge < -0.3 is 4.90 Å². The van der Waals surface area contributed by atoms with E-state index in [0.717, 1.165) is 24.3 Å². The topological polar surface area (TPSA) is 49.4 Å². The van der Waals surface area contributed by atoms with Gasteiger partial charge in [-0.25, -0.2) is 0 Å². The van der Waals surface area contributed by atoms with E-state index in [1.165, 1.54) is 0 Å². The molecule has 5 heteroatoms. The summed E-state index contributed by atoms with van der Waals surface area (Å²) in [6, 6.07) is 0.334. The van der Waals surface area contributed by atoms with Crippen LogP contribution in [0.3, 0.4) is 0 Å². The van der Waals surface area contributed by atoms with E-state index in [4.69, 9.17) is 0 Å². The van der Waals surface area contributed by atoms with E-state index in [9.17, 15) is 9.00 Å². The summed E-state index contributed by atoms with van der Waals surface area (Å²) >= 11 is 0. The van der Waals surface area contributed by atoms with Gasteiger partial charge in [-0.3, -0.25) is 14.3 Å². The number of hydrogen-bond donors (Lipinski definition) is 1. The summed E-state index contributed by atoms with van der Waals surface area (Å²) in [4.78, 5) is 13.2. The third-order valence-electron chi connectivity index (χ3n) is 2.68. The summed E-state index contributed by atoms with van der Waals surface area (Å²) in [5, 5.41) is 3.03. The average Bonchev–Trinajstić information content (AvgIpc) is 2.53. The normalized spacial score (nSPS) is 35.4. The van der Waals surface area contributed by atoms with Gasteiger partial charge in [0.1, 0.15) is 0 Å². The monoisotopic (exact) mass is 202 g/mol. The summed E-state index contributed by atoms with van der Waals surface area (Å²) < 4.78 is 11.1. The van der Waals surface area contributed by atoms with Crippen LogP contribution in [0.4, 0.5) is 0 Å². The lowest BCUT2D eigenvalue weighted by molar-refractivity contribution is -0.128. The summed E-state index contributed by atoms with van der Waals surface area (Å²) in [5.41, 5.74) is 0. The molecule has 2 heterocycles. The lowest BCUT2D eigenvalue weighted by Gasteiger charge is -2.29. The Morgan fingerprint density at radius 1 is 1.38 bits per heavy atom. The molecule has 1 amide bonds. The molecule has 0 bridgehead atoms. The zero-order valence-corrected chi connectivity index (χ0v) is 8.31. The fourth-order valence-electron chi connectivity index (χ4n) is 1.90. The minimum absolute atomic E-state index is 0.192. The fraction of sp³-hybridized carbons (Fsp3) is 0.875. The smallest absolute Gasteiger partial charge is 0.237 e. The Hall–Kier alpha value is -0.420. The van der Waals surface area contributed by atoms with Crippen LogP contribution in [0.1, 0.15) is 12.8 Å². The number of carbonyl (C=O) groups excluding carboxylic acids is 1. The lowest BCUT2D eigenvalue weighted by Crippen LogP contribution is -2.41. The molecule has 13 heavy (non-hydrogen) atoms. The van der Waals surface area contributed by atoms with Crippen molar-refractivity contribution < 1.29 is 9.00 Å². The largest absolute Gasteiger partial charge is 0.326 e. The molecule has 0 spiro atoms. The van der Waals surface area contributed by atoms with E-state index in [-0.39, 0.29) is 5.91 Å². The Morgan fingerprint density at radius 3 is 2.62 bits per heavy atom. The van der Waals surface area contributed by atoms with Gasteiger partial charge >= 0.3 is 0 Å². The van der Waals surface area contributed by atoms with Gasteiger partial charge in [-0.2, -0.15) is 0 Å². The lowest BCUT2D eigenvalue weighted by atomic mass is 10.1. The van der Waals surface area contributed by atoms with Crippen LogP contribution in [-0.2, 0) is 15.6 Å². The van der Waals surface area contributed by atoms with Crippen molar-refractivity contribution in [3.05, 3.63) is 0 Å². The first-order valence-electron chi connectivity index (χ1n) is 4.62. The van der Waals surface area contributed by atoms with Gasteiger partial charge in [0.15, 0.2) is 0 Å². The Balaban J connectivity index is 1.93. The first-order valence-corrected chi connectivity index (χ1v) is 6.11. The van der Waals surface area contributed by atoms with E-state index in [1.807, 2.05) is 4.90 Å². The molecule has 0 aromatic rings. The highest BCUT2D eigenvalue weighted by Crippen LogP contribution is 2.17. The van der Waals surface area contributed by atoms with Gasteiger partial charge in [-0.15, -0.1) is 0 Å². The second kappa shape index (κ2) is 3.75. The molecule has 0 aliphatic carbocycles. The number of rotatable bonds is 1. The standard InChI is InChI=1S/C8H14N2O2S/c11-8-5-9-6-10(8)7-1-3-13(12)4-2-7/h7,9H,1-6H2. The van der Waals surface area contributed by atoms with Crippen molar-refractivity contribution >= 4 is 16.7 Å². The minimum atomic E-state index is -0.631. The van der Waals surface area contributed by atoms with Crippen molar-refractivity contribution in [2.45, 2.75) is 18.9 Å². The highest BCUT2D eigenvalue weighted by Gasteiger charge is 2.29. The highest BCUT2D eigenvalue weighted by atomic mass is 32.2. The van der Waals surface area contributed by atoms with E-state index < -0.39 is 10.8 Å². The predicted octanol–water partition coefficient (Wildman–Crippen LogP) is -0.713. The van der Waals surface area contributed by atoms with Gasteiger partial charge in [0.05, 0.1) is 13.2 Å². The SMILES string of the molecule is O=C1CNCN1C1CCS(=O)CC1. The summed E-state index contributed by atoms with van der Waals surface area (Å²) in [5.74, 6) is 1.71. The van der Waals surface area contributed by atoms with Gasteiger partial charge in [-0.05, 0) is 12.8 Å². The Labute approximate surface area is 80.1 Å². The van der Waals surface area contributed by atoms with E-state index in [1.54, 1.807) is 0 Å². The predicted molar refractivity (Wildman–Crippen MR) is 50.6 cm³/mol. The Morgan fingerprint density at radius 2 is 2.08 bits per heavy atom. The zero-order chi connectivity index (χ0) is 9.26. The molecule has 0 unspecified atom stereocenters. The highest BCUT2D eigenvalue weighted by molar-refractivity contribution is 7.85. The Kier molecular flexibility index (Phi) is 2.64. The van der Waals surface area contributed by atoms with Crippen molar-refractivity contribution in [3.8, 4) is 0 Å². The van der Waals surface area contributed by atoms with Crippen molar-refractivity contribution in [1.82, 2.24) is 10.2 Å². The maximum absolute atomic E-state index is 11.3. The molecule has 0 radical (unpaired) electrons. The first-order chi connectivity index (χ1) is 6.27. The molecule has 74 valence electrons. The maximum atomic E-state index is 11.3. The van der Waals surface area contributed by atoms with Crippen molar-refractivity contribution in [1.29, 1.82) is 0 Å². The van der Waals surface area contributed by atoms with Crippen LogP contribution < -0.4 is 5.32 Å². The first kappa shape index (κ1) is 9.15. The third-order valence-corrected chi connectivity index (χ3v) is 4.06. The second-order valence-electron chi connectivity index (χ2n) is 3.53. The number of nitrogens with zero attached hydrogens (tertiary/aromatic N) is 1. The molecule has 0 atom stereocenters. The van der Waals surface area contributed by atoms with Crippen LogP contribution in [0, 0.1) is 0 Å². The van der Waals surface area contributed by atoms with Gasteiger partial charge in [0, 0.05) is 28.3 Å². The number of nitrogens with one attached hydrogen (secondary N) is 1. The van der Waals surface area contributed by atoms with Crippen LogP contribution in [0.15, 0.2) is 0 Å². The Bertz CT molecular complexity index is 234. The number of amides is 1. The van der Waals surface area contributed by atoms with Gasteiger partial charge in [0.25, 0.3) is 0 Å². The van der Waals surface area contributed by atoms with Crippen LogP contribution in [-0.4, -0.2) is 45.8 Å². The maximum Gasteiger partial charge on any atom is 0.237 e. The van der Waals surface area contributed by atoms with Crippen LogP contribution >= 0.6 is 0 Å². The van der Waals surface area contributed by atoms with E-state index >= 15 is 0 Å². The molecule has 2 aliphatic rings. The molecule has 2 aliphatic heterocycles. The van der Waals surface area contributed by atoms with E-state index in [2.05, 4.69) is 5.32 Å². The molecule has 2 fully saturated rings. The number of hydrogen-bond acceptors (Lipinski definition) is 3. The summed E-state index contributed by atoms with van der Waals surface area (Å²) in [7, 11) is -0.631. The molecule has 0 saturated carbocycles. The zero-order valence-electron chi connectivity index (χ0n) is 7.49. The van der Waals surface area contributed by atoms with Crippen molar-refractivity contribution in [2.75, 3.05) is 24.7 Å². The molecule has 2 rings (SSSR count). The fourth-order valence-corrected chi connectivity index (χ4v) is 3.17. The van der Waals surface area contributed by atoms with Crippen molar-refractivity contribution in [3.63, 3.8) is 0 Å². The van der Waals surface area contributed by atoms with Crippen LogP contribution in [0.5, 0.6) is 0 Å². The molecule has 0 aromatic carbocycles.